The van der Waals surface area contributed by atoms with E-state index in [2.05, 4.69) is 0 Å². The van der Waals surface area contributed by atoms with E-state index >= 15 is 0 Å². The maximum Gasteiger partial charge on any atom is 0.312 e. The SMILES string of the molecule is COc1cc(C2CC(=O)Oc3cc(OC)c(OC)c(OC)c32)cc(OC)c1OC. The Kier molecular flexibility index (Phi) is 5.91. The van der Waals surface area contributed by atoms with Crippen LogP contribution in [0.2, 0.25) is 0 Å². The summed E-state index contributed by atoms with van der Waals surface area (Å²) in [4.78, 5) is 12.4. The Morgan fingerprint density at radius 1 is 0.724 bits per heavy atom. The summed E-state index contributed by atoms with van der Waals surface area (Å²) in [6.07, 6.45) is 0.109. The van der Waals surface area contributed by atoms with Crippen LogP contribution in [0.5, 0.6) is 40.2 Å². The third-order valence-corrected chi connectivity index (χ3v) is 4.86. The lowest BCUT2D eigenvalue weighted by molar-refractivity contribution is -0.135. The van der Waals surface area contributed by atoms with Gasteiger partial charge in [0.2, 0.25) is 11.5 Å². The van der Waals surface area contributed by atoms with E-state index in [-0.39, 0.29) is 18.3 Å². The van der Waals surface area contributed by atoms with Crippen LogP contribution >= 0.6 is 0 Å². The van der Waals surface area contributed by atoms with Gasteiger partial charge in [0.05, 0.1) is 49.1 Å². The minimum Gasteiger partial charge on any atom is -0.493 e. The molecule has 0 saturated carbocycles. The molecule has 1 unspecified atom stereocenters. The third kappa shape index (κ3) is 3.46. The number of rotatable bonds is 7. The van der Waals surface area contributed by atoms with Gasteiger partial charge in [-0.3, -0.25) is 4.79 Å². The molecule has 0 N–H and O–H groups in total. The maximum absolute atomic E-state index is 12.4. The molecule has 1 atom stereocenters. The van der Waals surface area contributed by atoms with E-state index in [1.807, 2.05) is 12.1 Å². The predicted molar refractivity (Wildman–Crippen MR) is 104 cm³/mol. The molecule has 3 rings (SSSR count). The Labute approximate surface area is 169 Å². The molecule has 29 heavy (non-hydrogen) atoms. The summed E-state index contributed by atoms with van der Waals surface area (Å²) in [6, 6.07) is 5.24. The molecule has 0 aromatic heterocycles. The Bertz CT molecular complexity index is 896. The lowest BCUT2D eigenvalue weighted by Gasteiger charge is -2.29. The van der Waals surface area contributed by atoms with E-state index in [1.165, 1.54) is 28.4 Å². The fourth-order valence-corrected chi connectivity index (χ4v) is 3.59. The van der Waals surface area contributed by atoms with Gasteiger partial charge in [0, 0.05) is 17.5 Å². The lowest BCUT2D eigenvalue weighted by atomic mass is 9.85. The molecular formula is C21H24O8. The van der Waals surface area contributed by atoms with Crippen molar-refractivity contribution in [3.63, 3.8) is 0 Å². The highest BCUT2D eigenvalue weighted by Gasteiger charge is 2.36. The van der Waals surface area contributed by atoms with Gasteiger partial charge in [-0.05, 0) is 17.7 Å². The summed E-state index contributed by atoms with van der Waals surface area (Å²) in [7, 11) is 9.17. The number of esters is 1. The molecule has 0 radical (unpaired) electrons. The molecule has 0 amide bonds. The highest BCUT2D eigenvalue weighted by atomic mass is 16.6. The molecular weight excluding hydrogens is 380 g/mol. The first-order valence-corrected chi connectivity index (χ1v) is 8.86. The van der Waals surface area contributed by atoms with Crippen LogP contribution in [0.15, 0.2) is 18.2 Å². The molecule has 8 heteroatoms. The van der Waals surface area contributed by atoms with Gasteiger partial charge < -0.3 is 33.2 Å². The fraction of sp³-hybridized carbons (Fsp3) is 0.381. The van der Waals surface area contributed by atoms with Gasteiger partial charge in [-0.1, -0.05) is 0 Å². The zero-order chi connectivity index (χ0) is 21.1. The quantitative estimate of drug-likeness (QED) is 0.514. The van der Waals surface area contributed by atoms with Gasteiger partial charge in [0.1, 0.15) is 5.75 Å². The number of carbonyl (C=O) groups excluding carboxylic acids is 1. The Morgan fingerprint density at radius 3 is 1.72 bits per heavy atom. The van der Waals surface area contributed by atoms with Crippen molar-refractivity contribution in [1.82, 2.24) is 0 Å². The smallest absolute Gasteiger partial charge is 0.312 e. The molecule has 0 aliphatic carbocycles. The van der Waals surface area contributed by atoms with Crippen molar-refractivity contribution in [2.45, 2.75) is 12.3 Å². The summed E-state index contributed by atoms with van der Waals surface area (Å²) in [5, 5.41) is 0. The third-order valence-electron chi connectivity index (χ3n) is 4.86. The molecule has 1 aliphatic heterocycles. The van der Waals surface area contributed by atoms with Gasteiger partial charge in [-0.2, -0.15) is 0 Å². The van der Waals surface area contributed by atoms with E-state index < -0.39 is 0 Å². The van der Waals surface area contributed by atoms with Crippen LogP contribution in [-0.4, -0.2) is 48.6 Å². The Hall–Kier alpha value is -3.29. The van der Waals surface area contributed by atoms with Crippen molar-refractivity contribution in [3.05, 3.63) is 29.3 Å². The van der Waals surface area contributed by atoms with Crippen LogP contribution in [-0.2, 0) is 4.79 Å². The fourth-order valence-electron chi connectivity index (χ4n) is 3.59. The van der Waals surface area contributed by atoms with E-state index in [4.69, 9.17) is 33.2 Å². The van der Waals surface area contributed by atoms with Crippen molar-refractivity contribution >= 4 is 5.97 Å². The second kappa shape index (κ2) is 8.38. The van der Waals surface area contributed by atoms with Gasteiger partial charge >= 0.3 is 5.97 Å². The highest BCUT2D eigenvalue weighted by molar-refractivity contribution is 5.81. The number of hydrogen-bond acceptors (Lipinski definition) is 8. The largest absolute Gasteiger partial charge is 0.493 e. The first kappa shape index (κ1) is 20.4. The van der Waals surface area contributed by atoms with Gasteiger partial charge in [-0.15, -0.1) is 0 Å². The van der Waals surface area contributed by atoms with Crippen molar-refractivity contribution in [3.8, 4) is 40.2 Å². The van der Waals surface area contributed by atoms with E-state index in [1.54, 1.807) is 20.3 Å². The average molecular weight is 404 g/mol. The number of fused-ring (bicyclic) bond motifs is 1. The van der Waals surface area contributed by atoms with Crippen LogP contribution in [0, 0.1) is 0 Å². The van der Waals surface area contributed by atoms with E-state index in [0.717, 1.165) is 5.56 Å². The van der Waals surface area contributed by atoms with Crippen LogP contribution in [0.4, 0.5) is 0 Å². The summed E-state index contributed by atoms with van der Waals surface area (Å²) in [5.41, 5.74) is 1.46. The number of carbonyl (C=O) groups is 1. The normalized spacial score (nSPS) is 15.1. The molecule has 0 spiro atoms. The molecule has 2 aromatic rings. The second-order valence-corrected chi connectivity index (χ2v) is 6.25. The molecule has 2 aromatic carbocycles. The maximum atomic E-state index is 12.4. The number of hydrogen-bond donors (Lipinski definition) is 0. The highest BCUT2D eigenvalue weighted by Crippen LogP contribution is 2.53. The number of ether oxygens (including phenoxy) is 7. The molecule has 1 aliphatic rings. The lowest BCUT2D eigenvalue weighted by Crippen LogP contribution is -2.22. The Balaban J connectivity index is 2.27. The molecule has 0 fully saturated rings. The summed E-state index contributed by atoms with van der Waals surface area (Å²) >= 11 is 0. The van der Waals surface area contributed by atoms with Gasteiger partial charge in [0.25, 0.3) is 0 Å². The predicted octanol–water partition coefficient (Wildman–Crippen LogP) is 3.18. The van der Waals surface area contributed by atoms with E-state index in [9.17, 15) is 4.79 Å². The van der Waals surface area contributed by atoms with Crippen LogP contribution in [0.3, 0.4) is 0 Å². The first-order valence-electron chi connectivity index (χ1n) is 8.86. The zero-order valence-corrected chi connectivity index (χ0v) is 17.3. The molecule has 0 saturated heterocycles. The zero-order valence-electron chi connectivity index (χ0n) is 17.3. The summed E-state index contributed by atoms with van der Waals surface area (Å²) in [6.45, 7) is 0. The topological polar surface area (TPSA) is 81.7 Å². The average Bonchev–Trinajstić information content (AvgIpc) is 2.75. The molecule has 0 bridgehead atoms. The monoisotopic (exact) mass is 404 g/mol. The van der Waals surface area contributed by atoms with E-state index in [0.29, 0.717) is 45.8 Å². The standard InChI is InChI=1S/C21H24O8/c1-23-14-7-11(8-15(24-2)19(14)26-4)12-9-17(22)29-13-10-16(25-3)20(27-5)21(28-6)18(12)13/h7-8,10,12H,9H2,1-6H3. The Morgan fingerprint density at radius 2 is 1.24 bits per heavy atom. The van der Waals surface area contributed by atoms with Crippen LogP contribution < -0.4 is 33.2 Å². The number of methoxy groups -OCH3 is 6. The van der Waals surface area contributed by atoms with Crippen LogP contribution in [0.1, 0.15) is 23.5 Å². The van der Waals surface area contributed by atoms with Crippen molar-refractivity contribution < 1.29 is 38.0 Å². The summed E-state index contributed by atoms with van der Waals surface area (Å²) < 4.78 is 38.3. The molecule has 8 nitrogen and oxygen atoms in total. The summed E-state index contributed by atoms with van der Waals surface area (Å²) in [5.74, 6) is 2.31. The second-order valence-electron chi connectivity index (χ2n) is 6.25. The van der Waals surface area contributed by atoms with Crippen molar-refractivity contribution in [1.29, 1.82) is 0 Å². The van der Waals surface area contributed by atoms with Crippen LogP contribution in [0.25, 0.3) is 0 Å². The van der Waals surface area contributed by atoms with Gasteiger partial charge in [0.15, 0.2) is 23.0 Å². The first-order chi connectivity index (χ1) is 14.0. The minimum absolute atomic E-state index is 0.109. The minimum atomic E-state index is -0.380. The number of benzene rings is 2. The van der Waals surface area contributed by atoms with Crippen molar-refractivity contribution in [2.75, 3.05) is 42.7 Å². The van der Waals surface area contributed by atoms with Crippen molar-refractivity contribution in [2.24, 2.45) is 0 Å². The molecule has 156 valence electrons. The molecule has 1 heterocycles. The van der Waals surface area contributed by atoms with Gasteiger partial charge in [-0.25, -0.2) is 0 Å².